The second kappa shape index (κ2) is 6.87. The number of carbonyl (C=O) groups is 1. The maximum absolute atomic E-state index is 11.6. The number of hydrogen-bond donors (Lipinski definition) is 2. The maximum atomic E-state index is 11.6. The Morgan fingerprint density at radius 2 is 2.05 bits per heavy atom. The second-order valence-corrected chi connectivity index (χ2v) is 6.37. The minimum atomic E-state index is -3.59. The molecule has 0 aromatic carbocycles. The van der Waals surface area contributed by atoms with Crippen LogP contribution in [0.2, 0.25) is 0 Å². The van der Waals surface area contributed by atoms with Crippen molar-refractivity contribution in [1.29, 1.82) is 0 Å². The van der Waals surface area contributed by atoms with Crippen LogP contribution in [-0.2, 0) is 26.1 Å². The fourth-order valence-corrected chi connectivity index (χ4v) is 2.29. The van der Waals surface area contributed by atoms with E-state index in [1.165, 1.54) is 20.2 Å². The quantitative estimate of drug-likeness (QED) is 0.711. The molecule has 0 aliphatic heterocycles. The molecule has 1 aromatic heterocycles. The first kappa shape index (κ1) is 16.7. The van der Waals surface area contributed by atoms with Gasteiger partial charge in [0.2, 0.25) is 5.09 Å². The number of rotatable bonds is 7. The summed E-state index contributed by atoms with van der Waals surface area (Å²) in [7, 11) is -0.959. The molecule has 0 bridgehead atoms. The molecule has 2 N–H and O–H groups in total. The summed E-state index contributed by atoms with van der Waals surface area (Å²) in [5.74, 6) is 0.0981. The molecule has 0 aliphatic rings. The summed E-state index contributed by atoms with van der Waals surface area (Å²) >= 11 is 0. The van der Waals surface area contributed by atoms with E-state index in [2.05, 4.69) is 10.0 Å². The van der Waals surface area contributed by atoms with Crippen molar-refractivity contribution in [2.75, 3.05) is 14.2 Å². The number of hydrogen-bond acceptors (Lipinski definition) is 6. The lowest BCUT2D eigenvalue weighted by Crippen LogP contribution is -2.41. The highest BCUT2D eigenvalue weighted by atomic mass is 32.2. The van der Waals surface area contributed by atoms with Crippen LogP contribution in [0.5, 0.6) is 0 Å². The van der Waals surface area contributed by atoms with Crippen LogP contribution in [0, 0.1) is 5.92 Å². The van der Waals surface area contributed by atoms with E-state index in [0.29, 0.717) is 5.76 Å². The van der Waals surface area contributed by atoms with E-state index >= 15 is 0 Å². The van der Waals surface area contributed by atoms with Gasteiger partial charge < -0.3 is 9.15 Å². The molecule has 1 heterocycles. The van der Waals surface area contributed by atoms with Crippen LogP contribution in [0.3, 0.4) is 0 Å². The molecule has 0 saturated heterocycles. The van der Waals surface area contributed by atoms with E-state index in [1.807, 2.05) is 13.8 Å². The highest BCUT2D eigenvalue weighted by molar-refractivity contribution is 7.89. The molecule has 0 radical (unpaired) electrons. The lowest BCUT2D eigenvalue weighted by atomic mass is 10.0. The number of sulfonamides is 1. The number of methoxy groups -OCH3 is 1. The van der Waals surface area contributed by atoms with Crippen molar-refractivity contribution in [3.63, 3.8) is 0 Å². The van der Waals surface area contributed by atoms with E-state index in [4.69, 9.17) is 9.15 Å². The van der Waals surface area contributed by atoms with Gasteiger partial charge in [0.15, 0.2) is 0 Å². The third-order valence-electron chi connectivity index (χ3n) is 2.79. The third kappa shape index (κ3) is 4.06. The van der Waals surface area contributed by atoms with Crippen molar-refractivity contribution in [1.82, 2.24) is 10.0 Å². The predicted molar refractivity (Wildman–Crippen MR) is 72.4 cm³/mol. The first-order valence-electron chi connectivity index (χ1n) is 6.15. The lowest BCUT2D eigenvalue weighted by molar-refractivity contribution is -0.144. The van der Waals surface area contributed by atoms with E-state index in [-0.39, 0.29) is 23.5 Å². The molecular weight excluding hydrogens is 284 g/mol. The Morgan fingerprint density at radius 1 is 1.40 bits per heavy atom. The van der Waals surface area contributed by atoms with Crippen LogP contribution in [0.25, 0.3) is 0 Å². The first-order chi connectivity index (χ1) is 9.31. The zero-order valence-electron chi connectivity index (χ0n) is 12.0. The Hall–Kier alpha value is -1.38. The normalized spacial score (nSPS) is 13.4. The van der Waals surface area contributed by atoms with Gasteiger partial charge in [-0.15, -0.1) is 0 Å². The van der Waals surface area contributed by atoms with Gasteiger partial charge in [0, 0.05) is 0 Å². The minimum Gasteiger partial charge on any atom is -0.468 e. The van der Waals surface area contributed by atoms with Gasteiger partial charge >= 0.3 is 5.97 Å². The fraction of sp³-hybridized carbons (Fsp3) is 0.583. The topological polar surface area (TPSA) is 97.6 Å². The Balaban J connectivity index is 2.73. The lowest BCUT2D eigenvalue weighted by Gasteiger charge is -2.19. The van der Waals surface area contributed by atoms with Crippen LogP contribution >= 0.6 is 0 Å². The molecule has 0 unspecified atom stereocenters. The highest BCUT2D eigenvalue weighted by Crippen LogP contribution is 2.14. The van der Waals surface area contributed by atoms with Gasteiger partial charge in [0.25, 0.3) is 10.0 Å². The van der Waals surface area contributed by atoms with Gasteiger partial charge in [-0.25, -0.2) is 13.1 Å². The SMILES string of the molecule is CNS(=O)(=O)c1ccc(CN[C@H](C(=O)OC)C(C)C)o1. The summed E-state index contributed by atoms with van der Waals surface area (Å²) in [5.41, 5.74) is 0. The molecule has 0 amide bonds. The summed E-state index contributed by atoms with van der Waals surface area (Å²) in [4.78, 5) is 11.6. The van der Waals surface area contributed by atoms with E-state index < -0.39 is 16.1 Å². The zero-order valence-corrected chi connectivity index (χ0v) is 12.8. The van der Waals surface area contributed by atoms with Crippen LogP contribution < -0.4 is 10.0 Å². The Labute approximate surface area is 118 Å². The number of esters is 1. The number of furan rings is 1. The first-order valence-corrected chi connectivity index (χ1v) is 7.63. The highest BCUT2D eigenvalue weighted by Gasteiger charge is 2.23. The van der Waals surface area contributed by atoms with Crippen molar-refractivity contribution >= 4 is 16.0 Å². The Bertz CT molecular complexity index is 550. The van der Waals surface area contributed by atoms with Crippen LogP contribution in [0.15, 0.2) is 21.6 Å². The molecule has 8 heteroatoms. The maximum Gasteiger partial charge on any atom is 0.323 e. The molecule has 0 fully saturated rings. The average molecular weight is 304 g/mol. The monoisotopic (exact) mass is 304 g/mol. The summed E-state index contributed by atoms with van der Waals surface area (Å²) in [6.45, 7) is 4.00. The van der Waals surface area contributed by atoms with E-state index in [1.54, 1.807) is 6.07 Å². The molecular formula is C12H20N2O5S. The molecule has 114 valence electrons. The van der Waals surface area contributed by atoms with Gasteiger partial charge in [-0.2, -0.15) is 0 Å². The summed E-state index contributed by atoms with van der Waals surface area (Å²) in [6, 6.07) is 2.44. The summed E-state index contributed by atoms with van der Waals surface area (Å²) in [5, 5.41) is 2.83. The largest absolute Gasteiger partial charge is 0.468 e. The number of ether oxygens (including phenoxy) is 1. The van der Waals surface area contributed by atoms with Gasteiger partial charge in [-0.3, -0.25) is 10.1 Å². The standard InChI is InChI=1S/C12H20N2O5S/c1-8(2)11(12(15)18-4)14-7-9-5-6-10(19-9)20(16,17)13-3/h5-6,8,11,13-14H,7H2,1-4H3/t11-/m0/s1. The van der Waals surface area contributed by atoms with Crippen LogP contribution in [-0.4, -0.2) is 34.6 Å². The molecule has 1 aromatic rings. The average Bonchev–Trinajstić information content (AvgIpc) is 2.87. The van der Waals surface area contributed by atoms with Crippen molar-refractivity contribution < 1.29 is 22.4 Å². The molecule has 1 atom stereocenters. The van der Waals surface area contributed by atoms with Crippen LogP contribution in [0.4, 0.5) is 0 Å². The molecule has 0 aliphatic carbocycles. The molecule has 0 spiro atoms. The second-order valence-electron chi connectivity index (χ2n) is 4.55. The van der Waals surface area contributed by atoms with Crippen molar-refractivity contribution in [3.05, 3.63) is 17.9 Å². The molecule has 0 saturated carbocycles. The van der Waals surface area contributed by atoms with Gasteiger partial charge in [-0.1, -0.05) is 13.8 Å². The summed E-state index contributed by atoms with van der Waals surface area (Å²) < 4.78 is 35.1. The number of carbonyl (C=O) groups excluding carboxylic acids is 1. The summed E-state index contributed by atoms with van der Waals surface area (Å²) in [6.07, 6.45) is 0. The van der Waals surface area contributed by atoms with Crippen molar-refractivity contribution in [2.45, 2.75) is 31.5 Å². The van der Waals surface area contributed by atoms with Gasteiger partial charge in [0.05, 0.1) is 13.7 Å². The van der Waals surface area contributed by atoms with Gasteiger partial charge in [0.1, 0.15) is 11.8 Å². The molecule has 20 heavy (non-hydrogen) atoms. The fourth-order valence-electron chi connectivity index (χ4n) is 1.63. The molecule has 7 nitrogen and oxygen atoms in total. The minimum absolute atomic E-state index is 0.0397. The van der Waals surface area contributed by atoms with Crippen molar-refractivity contribution in [3.8, 4) is 0 Å². The van der Waals surface area contributed by atoms with E-state index in [0.717, 1.165) is 0 Å². The Kier molecular flexibility index (Phi) is 5.73. The third-order valence-corrected chi connectivity index (χ3v) is 4.08. The number of nitrogens with one attached hydrogen (secondary N) is 2. The molecule has 1 rings (SSSR count). The van der Waals surface area contributed by atoms with Crippen LogP contribution in [0.1, 0.15) is 19.6 Å². The Morgan fingerprint density at radius 3 is 2.55 bits per heavy atom. The van der Waals surface area contributed by atoms with E-state index in [9.17, 15) is 13.2 Å². The van der Waals surface area contributed by atoms with Gasteiger partial charge in [-0.05, 0) is 25.1 Å². The smallest absolute Gasteiger partial charge is 0.323 e. The zero-order chi connectivity index (χ0) is 15.3. The van der Waals surface area contributed by atoms with Crippen molar-refractivity contribution in [2.24, 2.45) is 5.92 Å². The predicted octanol–water partition coefficient (Wildman–Crippen LogP) is 0.475.